The summed E-state index contributed by atoms with van der Waals surface area (Å²) in [6.45, 7) is 7.31. The molecule has 0 fully saturated rings. The topological polar surface area (TPSA) is 191 Å². The molecule has 13 heteroatoms. The number of alkyl carbamates (subject to hydrolysis) is 1. The Hall–Kier alpha value is -2.55. The van der Waals surface area contributed by atoms with E-state index in [0.29, 0.717) is 12.8 Å². The lowest BCUT2D eigenvalue weighted by molar-refractivity contribution is -0.152. The lowest BCUT2D eigenvalue weighted by Gasteiger charge is -2.29. The van der Waals surface area contributed by atoms with Crippen molar-refractivity contribution in [2.75, 3.05) is 13.2 Å². The summed E-state index contributed by atoms with van der Waals surface area (Å²) >= 11 is 6.72. The first-order chi connectivity index (χ1) is 20.4. The molecule has 0 bridgehead atoms. The minimum absolute atomic E-state index is 0.0775. The minimum Gasteiger partial charge on any atom is -0.481 e. The molecule has 2 aromatic carbocycles. The fourth-order valence-corrected chi connectivity index (χ4v) is 4.70. The van der Waals surface area contributed by atoms with Crippen molar-refractivity contribution < 1.29 is 39.5 Å². The van der Waals surface area contributed by atoms with Crippen molar-refractivity contribution in [2.24, 2.45) is 16.7 Å². The number of carboxylic acid groups (broad SMARTS) is 2. The number of amides is 1. The molecule has 0 aliphatic rings. The van der Waals surface area contributed by atoms with Gasteiger partial charge in [0.2, 0.25) is 0 Å². The van der Waals surface area contributed by atoms with Crippen molar-refractivity contribution in [1.82, 2.24) is 10.7 Å². The highest BCUT2D eigenvalue weighted by molar-refractivity contribution is 9.10. The summed E-state index contributed by atoms with van der Waals surface area (Å²) in [5, 5.41) is 40.0. The van der Waals surface area contributed by atoms with Crippen LogP contribution in [0.5, 0.6) is 0 Å². The number of rotatable bonds is 14. The Morgan fingerprint density at radius 2 is 1.11 bits per heavy atom. The maximum Gasteiger partial charge on any atom is 0.407 e. The maximum absolute atomic E-state index is 12.1. The molecule has 0 spiro atoms. The molecular formula is C31H45Br2N3O8. The van der Waals surface area contributed by atoms with Gasteiger partial charge in [0, 0.05) is 21.0 Å². The van der Waals surface area contributed by atoms with E-state index in [4.69, 9.17) is 15.7 Å². The first-order valence-corrected chi connectivity index (χ1v) is 15.6. The molecule has 0 aliphatic carbocycles. The third-order valence-corrected chi connectivity index (χ3v) is 7.93. The monoisotopic (exact) mass is 745 g/mol. The van der Waals surface area contributed by atoms with Crippen LogP contribution in [0.25, 0.3) is 0 Å². The van der Waals surface area contributed by atoms with Gasteiger partial charge in [-0.15, -0.1) is 0 Å². The molecule has 2 aromatic rings. The van der Waals surface area contributed by atoms with Crippen LogP contribution in [-0.4, -0.2) is 69.4 Å². The molecule has 4 atom stereocenters. The number of hydrogen-bond donors (Lipinski definition) is 7. The molecule has 0 aliphatic heterocycles. The summed E-state index contributed by atoms with van der Waals surface area (Å²) in [4.78, 5) is 34.8. The summed E-state index contributed by atoms with van der Waals surface area (Å²) in [6, 6.07) is 14.6. The van der Waals surface area contributed by atoms with Gasteiger partial charge in [0.15, 0.2) is 0 Å². The van der Waals surface area contributed by atoms with E-state index in [1.807, 2.05) is 48.5 Å². The molecule has 11 nitrogen and oxygen atoms in total. The molecular weight excluding hydrogens is 702 g/mol. The first kappa shape index (κ1) is 39.5. The van der Waals surface area contributed by atoms with Crippen LogP contribution in [0.15, 0.2) is 57.5 Å². The smallest absolute Gasteiger partial charge is 0.407 e. The van der Waals surface area contributed by atoms with Crippen LogP contribution in [0.3, 0.4) is 0 Å². The summed E-state index contributed by atoms with van der Waals surface area (Å²) in [7, 11) is 0. The highest BCUT2D eigenvalue weighted by atomic mass is 79.9. The van der Waals surface area contributed by atoms with Gasteiger partial charge in [-0.1, -0.05) is 56.1 Å². The molecule has 0 heterocycles. The van der Waals surface area contributed by atoms with Crippen molar-refractivity contribution >= 4 is 49.9 Å². The Morgan fingerprint density at radius 1 is 0.750 bits per heavy atom. The Morgan fingerprint density at radius 3 is 1.43 bits per heavy atom. The van der Waals surface area contributed by atoms with Crippen LogP contribution in [0.2, 0.25) is 0 Å². The van der Waals surface area contributed by atoms with E-state index in [9.17, 15) is 29.7 Å². The van der Waals surface area contributed by atoms with E-state index >= 15 is 0 Å². The van der Waals surface area contributed by atoms with Crippen molar-refractivity contribution in [2.45, 2.75) is 78.0 Å². The lowest BCUT2D eigenvalue weighted by Crippen LogP contribution is -2.45. The number of carbonyl (C=O) groups is 3. The third-order valence-electron chi connectivity index (χ3n) is 6.87. The number of nitrogens with one attached hydrogen (secondary N) is 2. The second-order valence-corrected chi connectivity index (χ2v) is 14.2. The average Bonchev–Trinajstić information content (AvgIpc) is 2.93. The predicted molar refractivity (Wildman–Crippen MR) is 175 cm³/mol. The zero-order valence-corrected chi connectivity index (χ0v) is 28.9. The Kier molecular flexibility index (Phi) is 16.0. The van der Waals surface area contributed by atoms with Crippen molar-refractivity contribution in [3.8, 4) is 0 Å². The molecule has 0 radical (unpaired) electrons. The summed E-state index contributed by atoms with van der Waals surface area (Å²) in [5.74, 6) is 3.35. The number of aliphatic carboxylic acids is 2. The average molecular weight is 748 g/mol. The quantitative estimate of drug-likeness (QED) is 0.106. The second-order valence-electron chi connectivity index (χ2n) is 12.3. The summed E-state index contributed by atoms with van der Waals surface area (Å²) in [6.07, 6.45) is 0.752. The van der Waals surface area contributed by atoms with Gasteiger partial charge in [0.1, 0.15) is 5.60 Å². The van der Waals surface area contributed by atoms with E-state index in [1.54, 1.807) is 20.8 Å². The predicted octanol–water partition coefficient (Wildman–Crippen LogP) is 4.66. The number of carbonyl (C=O) groups excluding carboxylic acids is 1. The zero-order chi connectivity index (χ0) is 33.7. The molecule has 246 valence electrons. The van der Waals surface area contributed by atoms with Gasteiger partial charge in [0.05, 0.1) is 24.0 Å². The number of aliphatic hydroxyl groups excluding tert-OH is 2. The van der Waals surface area contributed by atoms with Crippen LogP contribution in [-0.2, 0) is 27.2 Å². The summed E-state index contributed by atoms with van der Waals surface area (Å²) < 4.78 is 7.18. The van der Waals surface area contributed by atoms with Gasteiger partial charge in [-0.05, 0) is 95.7 Å². The van der Waals surface area contributed by atoms with E-state index < -0.39 is 53.7 Å². The highest BCUT2D eigenvalue weighted by Crippen LogP contribution is 2.26. The molecule has 0 aromatic heterocycles. The largest absolute Gasteiger partial charge is 0.481 e. The zero-order valence-electron chi connectivity index (χ0n) is 25.8. The molecule has 1 amide bonds. The number of carboxylic acids is 2. The van der Waals surface area contributed by atoms with Gasteiger partial charge in [-0.25, -0.2) is 4.79 Å². The molecule has 44 heavy (non-hydrogen) atoms. The number of hydrogen-bond acceptors (Lipinski definition) is 8. The standard InChI is InChI=1S/C18H26BrNO5.C13H19BrN2O3/c1-17(2,3)25-16(24)20-14(10-18(4,11-21)15(22)23)9-12-5-7-13(19)8-6-12;1-13(8-17,12(18)19)7-11(16-15)6-9-2-4-10(14)5-3-9/h5-8,14,21H,9-11H2,1-4H3,(H,20,24)(H,22,23);2-5,11,16-17H,6-8,15H2,1H3,(H,18,19)/t14-,18+;11-,13+/m11/s1. The third kappa shape index (κ3) is 14.0. The first-order valence-electron chi connectivity index (χ1n) is 14.0. The van der Waals surface area contributed by atoms with Gasteiger partial charge >= 0.3 is 18.0 Å². The van der Waals surface area contributed by atoms with Gasteiger partial charge in [-0.3, -0.25) is 20.9 Å². The van der Waals surface area contributed by atoms with Crippen LogP contribution in [0.1, 0.15) is 58.6 Å². The maximum atomic E-state index is 12.1. The van der Waals surface area contributed by atoms with Gasteiger partial charge < -0.3 is 30.5 Å². The summed E-state index contributed by atoms with van der Waals surface area (Å²) in [5.41, 5.74) is 1.42. The fraction of sp³-hybridized carbons (Fsp3) is 0.516. The number of halogens is 2. The van der Waals surface area contributed by atoms with E-state index in [0.717, 1.165) is 20.1 Å². The van der Waals surface area contributed by atoms with E-state index in [-0.39, 0.29) is 18.9 Å². The molecule has 8 N–H and O–H groups in total. The van der Waals surface area contributed by atoms with E-state index in [2.05, 4.69) is 42.6 Å². The number of benzene rings is 2. The molecule has 0 saturated heterocycles. The molecule has 2 rings (SSSR count). The normalized spacial score (nSPS) is 15.4. The van der Waals surface area contributed by atoms with Gasteiger partial charge in [-0.2, -0.15) is 0 Å². The Balaban J connectivity index is 0.000000457. The number of ether oxygens (including phenoxy) is 1. The van der Waals surface area contributed by atoms with Crippen LogP contribution in [0.4, 0.5) is 4.79 Å². The van der Waals surface area contributed by atoms with Crippen molar-refractivity contribution in [3.63, 3.8) is 0 Å². The van der Waals surface area contributed by atoms with Crippen LogP contribution >= 0.6 is 31.9 Å². The number of aliphatic hydroxyl groups is 2. The second kappa shape index (κ2) is 17.8. The van der Waals surface area contributed by atoms with E-state index in [1.165, 1.54) is 13.8 Å². The van der Waals surface area contributed by atoms with Gasteiger partial charge in [0.25, 0.3) is 0 Å². The minimum atomic E-state index is -1.35. The SMILES string of the molecule is CC(C)(C)OC(=O)N[C@H](Cc1ccc(Br)cc1)C[C@@](C)(CO)C(=O)O.C[C@@](CO)(C[C@@H](Cc1ccc(Br)cc1)NN)C(=O)O. The Labute approximate surface area is 275 Å². The lowest BCUT2D eigenvalue weighted by atomic mass is 9.82. The molecule has 0 unspecified atom stereocenters. The van der Waals surface area contributed by atoms with Crippen molar-refractivity contribution in [1.29, 1.82) is 0 Å². The van der Waals surface area contributed by atoms with Crippen LogP contribution in [0, 0.1) is 10.8 Å². The van der Waals surface area contributed by atoms with Crippen molar-refractivity contribution in [3.05, 3.63) is 68.6 Å². The van der Waals surface area contributed by atoms with Crippen LogP contribution < -0.4 is 16.6 Å². The number of hydrazine groups is 1. The number of nitrogens with two attached hydrogens (primary N) is 1. The highest BCUT2D eigenvalue weighted by Gasteiger charge is 2.37. The Bertz CT molecular complexity index is 1210. The molecule has 0 saturated carbocycles. The fourth-order valence-electron chi connectivity index (χ4n) is 4.18.